The van der Waals surface area contributed by atoms with Gasteiger partial charge in [-0.3, -0.25) is 4.79 Å². The molecular weight excluding hydrogens is 300 g/mol. The van der Waals surface area contributed by atoms with Crippen LogP contribution in [0.2, 0.25) is 5.02 Å². The number of ether oxygens (including phenoxy) is 1. The van der Waals surface area contributed by atoms with Gasteiger partial charge in [-0.15, -0.1) is 0 Å². The highest BCUT2D eigenvalue weighted by atomic mass is 35.5. The van der Waals surface area contributed by atoms with Crippen LogP contribution in [0.25, 0.3) is 0 Å². The molecule has 0 bridgehead atoms. The second kappa shape index (κ2) is 6.33. The second-order valence-electron chi connectivity index (χ2n) is 4.09. The van der Waals surface area contributed by atoms with Crippen LogP contribution in [0.1, 0.15) is 15.9 Å². The molecule has 0 spiro atoms. The Labute approximate surface area is 124 Å². The number of carbonyl (C=O) groups is 1. The van der Waals surface area contributed by atoms with Crippen LogP contribution in [0.5, 0.6) is 5.75 Å². The largest absolute Gasteiger partial charge is 0.485 e. The maximum Gasteiger partial charge on any atom is 0.200 e. The SMILES string of the molecule is N#Cc1ccc(OCC(=O)c2ccc(F)c(F)c2)cc1Cl. The van der Waals surface area contributed by atoms with Gasteiger partial charge >= 0.3 is 0 Å². The summed E-state index contributed by atoms with van der Waals surface area (Å²) in [6, 6.07) is 9.11. The fraction of sp³-hybridized carbons (Fsp3) is 0.0667. The van der Waals surface area contributed by atoms with E-state index in [9.17, 15) is 13.6 Å². The molecule has 0 fully saturated rings. The fourth-order valence-electron chi connectivity index (χ4n) is 1.58. The van der Waals surface area contributed by atoms with E-state index in [1.165, 1.54) is 24.3 Å². The summed E-state index contributed by atoms with van der Waals surface area (Å²) < 4.78 is 31.0. The monoisotopic (exact) mass is 307 g/mol. The average Bonchev–Trinajstić information content (AvgIpc) is 2.47. The van der Waals surface area contributed by atoms with Gasteiger partial charge in [-0.1, -0.05) is 11.6 Å². The highest BCUT2D eigenvalue weighted by Gasteiger charge is 2.11. The van der Waals surface area contributed by atoms with Gasteiger partial charge in [-0.2, -0.15) is 5.26 Å². The minimum Gasteiger partial charge on any atom is -0.485 e. The molecule has 0 unspecified atom stereocenters. The minimum atomic E-state index is -1.10. The maximum atomic E-state index is 13.0. The molecule has 0 saturated carbocycles. The summed E-state index contributed by atoms with van der Waals surface area (Å²) in [5.74, 6) is -2.32. The third-order valence-electron chi connectivity index (χ3n) is 2.67. The fourth-order valence-corrected chi connectivity index (χ4v) is 1.79. The molecule has 0 amide bonds. The number of halogens is 3. The van der Waals surface area contributed by atoms with Crippen molar-refractivity contribution in [3.8, 4) is 11.8 Å². The van der Waals surface area contributed by atoms with Crippen molar-refractivity contribution in [2.45, 2.75) is 0 Å². The van der Waals surface area contributed by atoms with Gasteiger partial charge < -0.3 is 4.74 Å². The summed E-state index contributed by atoms with van der Waals surface area (Å²) >= 11 is 5.82. The molecule has 0 aromatic heterocycles. The molecule has 0 heterocycles. The lowest BCUT2D eigenvalue weighted by Gasteiger charge is -2.06. The number of ketones is 1. The summed E-state index contributed by atoms with van der Waals surface area (Å²) in [5.41, 5.74) is 0.296. The molecule has 0 aliphatic carbocycles. The van der Waals surface area contributed by atoms with Crippen LogP contribution in [0.4, 0.5) is 8.78 Å². The Bertz CT molecular complexity index is 741. The number of hydrogen-bond donors (Lipinski definition) is 0. The van der Waals surface area contributed by atoms with E-state index in [1.54, 1.807) is 0 Å². The molecule has 2 aromatic carbocycles. The molecule has 0 aliphatic heterocycles. The summed E-state index contributed by atoms with van der Waals surface area (Å²) in [4.78, 5) is 11.8. The van der Waals surface area contributed by atoms with Crippen LogP contribution in [-0.4, -0.2) is 12.4 Å². The topological polar surface area (TPSA) is 50.1 Å². The van der Waals surface area contributed by atoms with Gasteiger partial charge in [0, 0.05) is 11.6 Å². The lowest BCUT2D eigenvalue weighted by Crippen LogP contribution is -2.12. The third-order valence-corrected chi connectivity index (χ3v) is 2.99. The first kappa shape index (κ1) is 14.9. The molecule has 2 rings (SSSR count). The van der Waals surface area contributed by atoms with Gasteiger partial charge in [0.15, 0.2) is 24.0 Å². The van der Waals surface area contributed by atoms with Gasteiger partial charge in [0.25, 0.3) is 0 Å². The van der Waals surface area contributed by atoms with Crippen LogP contribution >= 0.6 is 11.6 Å². The van der Waals surface area contributed by atoms with Crippen LogP contribution in [0.15, 0.2) is 36.4 Å². The Balaban J connectivity index is 2.05. The molecule has 0 aliphatic rings. The summed E-state index contributed by atoms with van der Waals surface area (Å²) in [6.45, 7) is -0.354. The lowest BCUT2D eigenvalue weighted by atomic mass is 10.1. The maximum absolute atomic E-state index is 13.0. The van der Waals surface area contributed by atoms with Gasteiger partial charge in [0.05, 0.1) is 10.6 Å². The number of nitriles is 1. The normalized spacial score (nSPS) is 10.0. The summed E-state index contributed by atoms with van der Waals surface area (Å²) in [7, 11) is 0. The van der Waals surface area contributed by atoms with Crippen LogP contribution < -0.4 is 4.74 Å². The molecule has 0 saturated heterocycles. The van der Waals surface area contributed by atoms with Gasteiger partial charge in [-0.25, -0.2) is 8.78 Å². The Morgan fingerprint density at radius 3 is 2.57 bits per heavy atom. The van der Waals surface area contributed by atoms with E-state index in [-0.39, 0.29) is 22.8 Å². The van der Waals surface area contributed by atoms with Crippen molar-refractivity contribution in [1.82, 2.24) is 0 Å². The molecule has 106 valence electrons. The van der Waals surface area contributed by atoms with E-state index < -0.39 is 17.4 Å². The highest BCUT2D eigenvalue weighted by Crippen LogP contribution is 2.22. The first-order valence-electron chi connectivity index (χ1n) is 5.82. The number of hydrogen-bond acceptors (Lipinski definition) is 3. The van der Waals surface area contributed by atoms with Crippen molar-refractivity contribution in [3.63, 3.8) is 0 Å². The standard InChI is InChI=1S/C15H8ClF2NO2/c16-12-6-11(3-1-10(12)7-19)21-8-15(20)9-2-4-13(17)14(18)5-9/h1-6H,8H2. The van der Waals surface area contributed by atoms with Gasteiger partial charge in [-0.05, 0) is 30.3 Å². The zero-order valence-electron chi connectivity index (χ0n) is 10.6. The number of nitrogens with zero attached hydrogens (tertiary/aromatic N) is 1. The molecule has 2 aromatic rings. The van der Waals surface area contributed by atoms with Crippen molar-refractivity contribution < 1.29 is 18.3 Å². The molecule has 0 N–H and O–H groups in total. The second-order valence-corrected chi connectivity index (χ2v) is 4.50. The number of benzene rings is 2. The smallest absolute Gasteiger partial charge is 0.200 e. The molecule has 6 heteroatoms. The van der Waals surface area contributed by atoms with E-state index in [4.69, 9.17) is 21.6 Å². The molecule has 0 atom stereocenters. The van der Waals surface area contributed by atoms with Crippen molar-refractivity contribution in [1.29, 1.82) is 5.26 Å². The number of carbonyl (C=O) groups excluding carboxylic acids is 1. The molecule has 3 nitrogen and oxygen atoms in total. The van der Waals surface area contributed by atoms with Crippen LogP contribution in [0, 0.1) is 23.0 Å². The van der Waals surface area contributed by atoms with Crippen molar-refractivity contribution in [2.24, 2.45) is 0 Å². The quantitative estimate of drug-likeness (QED) is 0.808. The van der Waals surface area contributed by atoms with Crippen LogP contribution in [-0.2, 0) is 0 Å². The number of rotatable bonds is 4. The summed E-state index contributed by atoms with van der Waals surface area (Å²) in [6.07, 6.45) is 0. The predicted molar refractivity (Wildman–Crippen MR) is 72.4 cm³/mol. The van der Waals surface area contributed by atoms with E-state index in [0.717, 1.165) is 12.1 Å². The Morgan fingerprint density at radius 1 is 1.19 bits per heavy atom. The highest BCUT2D eigenvalue weighted by molar-refractivity contribution is 6.31. The minimum absolute atomic E-state index is 0.00800. The third kappa shape index (κ3) is 3.56. The number of Topliss-reactive ketones (excluding diaryl/α,β-unsaturated/α-hetero) is 1. The van der Waals surface area contributed by atoms with Gasteiger partial charge in [0.1, 0.15) is 11.8 Å². The van der Waals surface area contributed by atoms with Crippen molar-refractivity contribution in [2.75, 3.05) is 6.61 Å². The zero-order valence-corrected chi connectivity index (χ0v) is 11.3. The Kier molecular flexibility index (Phi) is 4.51. The van der Waals surface area contributed by atoms with Gasteiger partial charge in [0.2, 0.25) is 0 Å². The average molecular weight is 308 g/mol. The van der Waals surface area contributed by atoms with E-state index in [2.05, 4.69) is 0 Å². The van der Waals surface area contributed by atoms with E-state index >= 15 is 0 Å². The summed E-state index contributed by atoms with van der Waals surface area (Å²) in [5, 5.41) is 8.93. The lowest BCUT2D eigenvalue weighted by molar-refractivity contribution is 0.0921. The van der Waals surface area contributed by atoms with E-state index in [0.29, 0.717) is 5.75 Å². The Morgan fingerprint density at radius 2 is 1.95 bits per heavy atom. The Hall–Kier alpha value is -2.45. The molecule has 21 heavy (non-hydrogen) atoms. The van der Waals surface area contributed by atoms with Crippen LogP contribution in [0.3, 0.4) is 0 Å². The first-order valence-corrected chi connectivity index (χ1v) is 6.20. The molecular formula is C15H8ClF2NO2. The molecule has 0 radical (unpaired) electrons. The predicted octanol–water partition coefficient (Wildman–Crippen LogP) is 3.75. The first-order chi connectivity index (χ1) is 10.0. The van der Waals surface area contributed by atoms with Crippen molar-refractivity contribution >= 4 is 17.4 Å². The zero-order chi connectivity index (χ0) is 15.4. The van der Waals surface area contributed by atoms with Crippen molar-refractivity contribution in [3.05, 3.63) is 64.2 Å². The van der Waals surface area contributed by atoms with E-state index in [1.807, 2.05) is 6.07 Å².